The number of amides is 2. The van der Waals surface area contributed by atoms with Crippen molar-refractivity contribution in [1.82, 2.24) is 4.90 Å². The molecule has 0 spiro atoms. The van der Waals surface area contributed by atoms with Crippen LogP contribution in [0.5, 0.6) is 11.5 Å². The van der Waals surface area contributed by atoms with Crippen LogP contribution in [0.1, 0.15) is 5.56 Å². The summed E-state index contributed by atoms with van der Waals surface area (Å²) in [7, 11) is 3.06. The summed E-state index contributed by atoms with van der Waals surface area (Å²) in [4.78, 5) is 31.0. The van der Waals surface area contributed by atoms with Crippen LogP contribution in [0.25, 0.3) is 0 Å². The van der Waals surface area contributed by atoms with E-state index in [4.69, 9.17) is 15.3 Å². The molecule has 0 saturated heterocycles. The summed E-state index contributed by atoms with van der Waals surface area (Å²) < 4.78 is 5.89. The zero-order valence-corrected chi connectivity index (χ0v) is 14.0. The average Bonchev–Trinajstić information content (AvgIpc) is 2.59. The second kappa shape index (κ2) is 6.82. The number of anilines is 1. The Balaban J connectivity index is 2.02. The maximum Gasteiger partial charge on any atom is 0.434 e. The summed E-state index contributed by atoms with van der Waals surface area (Å²) >= 11 is 0. The molecule has 2 N–H and O–H groups in total. The van der Waals surface area contributed by atoms with Crippen molar-refractivity contribution in [3.8, 4) is 11.5 Å². The standard InChI is InChI=1S/C18H19N3O4/c1-20(2)18(23)25-21-16-12(11-14(19)17(21)22)7-6-10-15(16)24-13-8-4-3-5-9-13/h3-10,14H,11,19H2,1-2H3/t14-/m0/s1. The molecule has 0 bridgehead atoms. The monoisotopic (exact) mass is 341 g/mol. The highest BCUT2D eigenvalue weighted by Crippen LogP contribution is 2.39. The molecule has 0 aliphatic carbocycles. The molecule has 0 unspecified atom stereocenters. The number of nitrogens with zero attached hydrogens (tertiary/aromatic N) is 2. The molecule has 7 nitrogen and oxygen atoms in total. The van der Waals surface area contributed by atoms with Gasteiger partial charge in [0.25, 0.3) is 5.91 Å². The van der Waals surface area contributed by atoms with Gasteiger partial charge >= 0.3 is 6.09 Å². The Morgan fingerprint density at radius 1 is 1.16 bits per heavy atom. The third kappa shape index (κ3) is 3.41. The van der Waals surface area contributed by atoms with Crippen molar-refractivity contribution < 1.29 is 19.2 Å². The van der Waals surface area contributed by atoms with Gasteiger partial charge in [-0.05, 0) is 30.2 Å². The summed E-state index contributed by atoms with van der Waals surface area (Å²) in [6.45, 7) is 0. The molecule has 0 fully saturated rings. The number of fused-ring (bicyclic) bond motifs is 1. The van der Waals surface area contributed by atoms with E-state index in [1.807, 2.05) is 30.3 Å². The second-order valence-corrected chi connectivity index (χ2v) is 5.87. The molecule has 7 heteroatoms. The molecule has 25 heavy (non-hydrogen) atoms. The number of hydroxylamine groups is 1. The fraction of sp³-hybridized carbons (Fsp3) is 0.222. The van der Waals surface area contributed by atoms with Crippen molar-refractivity contribution in [2.24, 2.45) is 5.73 Å². The number of carbonyl (C=O) groups excluding carboxylic acids is 2. The zero-order valence-electron chi connectivity index (χ0n) is 14.0. The molecular weight excluding hydrogens is 322 g/mol. The van der Waals surface area contributed by atoms with Gasteiger partial charge in [0.1, 0.15) is 11.4 Å². The quantitative estimate of drug-likeness (QED) is 0.926. The number of hydrogen-bond acceptors (Lipinski definition) is 5. The minimum atomic E-state index is -0.783. The van der Waals surface area contributed by atoms with Gasteiger partial charge in [0, 0.05) is 14.1 Å². The van der Waals surface area contributed by atoms with Gasteiger partial charge < -0.3 is 20.2 Å². The minimum absolute atomic E-state index is 0.343. The number of ether oxygens (including phenoxy) is 1. The Bertz CT molecular complexity index is 792. The maximum absolute atomic E-state index is 12.5. The van der Waals surface area contributed by atoms with Gasteiger partial charge in [-0.2, -0.15) is 0 Å². The van der Waals surface area contributed by atoms with E-state index in [2.05, 4.69) is 0 Å². The predicted octanol–water partition coefficient (Wildman–Crippen LogP) is 2.31. The Morgan fingerprint density at radius 3 is 2.56 bits per heavy atom. The molecule has 1 aliphatic heterocycles. The molecule has 130 valence electrons. The average molecular weight is 341 g/mol. The van der Waals surface area contributed by atoms with E-state index in [1.165, 1.54) is 19.0 Å². The molecule has 2 aromatic carbocycles. The molecule has 3 rings (SSSR count). The number of carbonyl (C=O) groups is 2. The highest BCUT2D eigenvalue weighted by Gasteiger charge is 2.36. The molecule has 0 radical (unpaired) electrons. The van der Waals surface area contributed by atoms with E-state index in [0.717, 1.165) is 10.6 Å². The number of benzene rings is 2. The molecule has 1 aliphatic rings. The van der Waals surface area contributed by atoms with E-state index in [-0.39, 0.29) is 0 Å². The van der Waals surface area contributed by atoms with Crippen LogP contribution in [0.15, 0.2) is 48.5 Å². The maximum atomic E-state index is 12.5. The number of nitrogens with two attached hydrogens (primary N) is 1. The van der Waals surface area contributed by atoms with Gasteiger partial charge in [0.05, 0.1) is 6.04 Å². The highest BCUT2D eigenvalue weighted by molar-refractivity contribution is 6.01. The first-order valence-electron chi connectivity index (χ1n) is 7.81. The Morgan fingerprint density at radius 2 is 1.88 bits per heavy atom. The lowest BCUT2D eigenvalue weighted by Crippen LogP contribution is -2.50. The number of hydrogen-bond donors (Lipinski definition) is 1. The number of para-hydroxylation sites is 2. The normalized spacial score (nSPS) is 16.2. The minimum Gasteiger partial charge on any atom is -0.455 e. The highest BCUT2D eigenvalue weighted by atomic mass is 16.7. The predicted molar refractivity (Wildman–Crippen MR) is 92.3 cm³/mol. The Kier molecular flexibility index (Phi) is 4.58. The molecule has 2 amide bonds. The first-order valence-corrected chi connectivity index (χ1v) is 7.81. The van der Waals surface area contributed by atoms with Crippen LogP contribution in [0.2, 0.25) is 0 Å². The van der Waals surface area contributed by atoms with Crippen LogP contribution in [-0.2, 0) is 16.1 Å². The van der Waals surface area contributed by atoms with Gasteiger partial charge in [-0.3, -0.25) is 4.79 Å². The molecular formula is C18H19N3O4. The van der Waals surface area contributed by atoms with Crippen molar-refractivity contribution in [3.63, 3.8) is 0 Å². The topological polar surface area (TPSA) is 85.1 Å². The summed E-state index contributed by atoms with van der Waals surface area (Å²) in [5, 5.41) is 0.935. The van der Waals surface area contributed by atoms with Crippen LogP contribution < -0.4 is 15.5 Å². The van der Waals surface area contributed by atoms with E-state index in [9.17, 15) is 9.59 Å². The third-order valence-electron chi connectivity index (χ3n) is 3.75. The lowest BCUT2D eigenvalue weighted by atomic mass is 9.98. The van der Waals surface area contributed by atoms with Crippen molar-refractivity contribution in [3.05, 3.63) is 54.1 Å². The lowest BCUT2D eigenvalue weighted by Gasteiger charge is -2.32. The van der Waals surface area contributed by atoms with Gasteiger partial charge in [0.15, 0.2) is 5.75 Å². The largest absolute Gasteiger partial charge is 0.455 e. The van der Waals surface area contributed by atoms with Crippen molar-refractivity contribution in [1.29, 1.82) is 0 Å². The molecule has 1 atom stereocenters. The smallest absolute Gasteiger partial charge is 0.434 e. The van der Waals surface area contributed by atoms with E-state index in [1.54, 1.807) is 18.2 Å². The molecule has 1 heterocycles. The summed E-state index contributed by atoms with van der Waals surface area (Å²) in [5.41, 5.74) is 7.07. The summed E-state index contributed by atoms with van der Waals surface area (Å²) in [5.74, 6) is 0.527. The SMILES string of the molecule is CN(C)C(=O)ON1C(=O)[C@@H](N)Cc2cccc(Oc3ccccc3)c21. The van der Waals surface area contributed by atoms with Crippen molar-refractivity contribution in [2.75, 3.05) is 19.2 Å². The van der Waals surface area contributed by atoms with E-state index < -0.39 is 18.0 Å². The summed E-state index contributed by atoms with van der Waals surface area (Å²) in [6, 6.07) is 13.7. The van der Waals surface area contributed by atoms with Crippen molar-refractivity contribution in [2.45, 2.75) is 12.5 Å². The Labute approximate surface area is 145 Å². The first-order chi connectivity index (χ1) is 12.0. The van der Waals surface area contributed by atoms with Crippen LogP contribution in [0, 0.1) is 0 Å². The van der Waals surface area contributed by atoms with Gasteiger partial charge in [-0.1, -0.05) is 30.3 Å². The van der Waals surface area contributed by atoms with Gasteiger partial charge in [-0.25, -0.2) is 4.79 Å². The van der Waals surface area contributed by atoms with Crippen molar-refractivity contribution >= 4 is 17.7 Å². The lowest BCUT2D eigenvalue weighted by molar-refractivity contribution is -0.125. The molecule has 0 aromatic heterocycles. The van der Waals surface area contributed by atoms with Gasteiger partial charge in [0.2, 0.25) is 0 Å². The summed E-state index contributed by atoms with van der Waals surface area (Å²) in [6.07, 6.45) is -0.334. The fourth-order valence-corrected chi connectivity index (χ4v) is 2.50. The number of rotatable bonds is 3. The fourth-order valence-electron chi connectivity index (χ4n) is 2.50. The van der Waals surface area contributed by atoms with E-state index in [0.29, 0.717) is 23.6 Å². The van der Waals surface area contributed by atoms with Crippen LogP contribution in [-0.4, -0.2) is 37.0 Å². The van der Waals surface area contributed by atoms with E-state index >= 15 is 0 Å². The zero-order chi connectivity index (χ0) is 18.0. The van der Waals surface area contributed by atoms with Crippen LogP contribution >= 0.6 is 0 Å². The second-order valence-electron chi connectivity index (χ2n) is 5.87. The Hall–Kier alpha value is -3.06. The molecule has 0 saturated carbocycles. The van der Waals surface area contributed by atoms with Gasteiger partial charge in [-0.15, -0.1) is 5.06 Å². The van der Waals surface area contributed by atoms with Crippen LogP contribution in [0.3, 0.4) is 0 Å². The first kappa shape index (κ1) is 16.8. The van der Waals surface area contributed by atoms with Crippen LogP contribution in [0.4, 0.5) is 10.5 Å². The third-order valence-corrected chi connectivity index (χ3v) is 3.75. The molecule has 2 aromatic rings.